The fourth-order valence-corrected chi connectivity index (χ4v) is 5.69. The zero-order valence-corrected chi connectivity index (χ0v) is 19.3. The highest BCUT2D eigenvalue weighted by Gasteiger charge is 2.18. The third-order valence-electron chi connectivity index (χ3n) is 7.29. The number of hydrogen-bond acceptors (Lipinski definition) is 2. The van der Waals surface area contributed by atoms with Gasteiger partial charge in [-0.05, 0) is 47.5 Å². The van der Waals surface area contributed by atoms with Crippen LogP contribution in [-0.4, -0.2) is 9.55 Å². The van der Waals surface area contributed by atoms with Crippen LogP contribution in [0.1, 0.15) is 0 Å². The van der Waals surface area contributed by atoms with E-state index in [-0.39, 0.29) is 0 Å². The maximum Gasteiger partial charge on any atom is 0.136 e. The second-order valence-electron chi connectivity index (χ2n) is 9.24. The Kier molecular flexibility index (Phi) is 3.94. The van der Waals surface area contributed by atoms with Gasteiger partial charge in [0.25, 0.3) is 0 Å². The lowest BCUT2D eigenvalue weighted by molar-refractivity contribution is 0.669. The Morgan fingerprint density at radius 3 is 2.25 bits per heavy atom. The highest BCUT2D eigenvalue weighted by Crippen LogP contribution is 2.40. The van der Waals surface area contributed by atoms with Crippen molar-refractivity contribution < 1.29 is 4.42 Å². The molecule has 0 unspecified atom stereocenters. The SMILES string of the molecule is c1ccc(-c2ccc(-n3c4ccccc4c4cc5oc6ccccc6c5cc43)c3ccncc23)cc1. The second kappa shape index (κ2) is 7.30. The third kappa shape index (κ3) is 2.65. The van der Waals surface area contributed by atoms with Gasteiger partial charge < -0.3 is 8.98 Å². The van der Waals surface area contributed by atoms with Crippen LogP contribution < -0.4 is 0 Å². The zero-order valence-electron chi connectivity index (χ0n) is 19.3. The normalized spacial score (nSPS) is 11.9. The van der Waals surface area contributed by atoms with Gasteiger partial charge in [0.1, 0.15) is 11.2 Å². The molecule has 3 heteroatoms. The minimum Gasteiger partial charge on any atom is -0.456 e. The molecular formula is C33H20N2O. The summed E-state index contributed by atoms with van der Waals surface area (Å²) in [5, 5.41) is 6.98. The molecule has 0 aliphatic heterocycles. The van der Waals surface area contributed by atoms with Gasteiger partial charge in [0, 0.05) is 44.7 Å². The lowest BCUT2D eigenvalue weighted by atomic mass is 9.98. The van der Waals surface area contributed by atoms with Crippen molar-refractivity contribution in [2.24, 2.45) is 0 Å². The minimum atomic E-state index is 0.916. The van der Waals surface area contributed by atoms with Crippen LogP contribution in [-0.2, 0) is 0 Å². The average molecular weight is 461 g/mol. The summed E-state index contributed by atoms with van der Waals surface area (Å²) in [4.78, 5) is 4.49. The van der Waals surface area contributed by atoms with E-state index in [1.54, 1.807) is 0 Å². The molecule has 3 heterocycles. The van der Waals surface area contributed by atoms with Crippen LogP contribution in [0.25, 0.3) is 71.3 Å². The summed E-state index contributed by atoms with van der Waals surface area (Å²) >= 11 is 0. The van der Waals surface area contributed by atoms with E-state index in [9.17, 15) is 0 Å². The highest BCUT2D eigenvalue weighted by atomic mass is 16.3. The maximum atomic E-state index is 6.24. The predicted octanol–water partition coefficient (Wildman–Crippen LogP) is 8.90. The van der Waals surface area contributed by atoms with Crippen LogP contribution in [0, 0.1) is 0 Å². The molecule has 0 amide bonds. The highest BCUT2D eigenvalue weighted by molar-refractivity contribution is 6.18. The first-order valence-corrected chi connectivity index (χ1v) is 12.1. The van der Waals surface area contributed by atoms with Crippen molar-refractivity contribution in [2.45, 2.75) is 0 Å². The summed E-state index contributed by atoms with van der Waals surface area (Å²) in [6, 6.07) is 38.5. The number of hydrogen-bond donors (Lipinski definition) is 0. The summed E-state index contributed by atoms with van der Waals surface area (Å²) in [5.41, 5.74) is 7.70. The Labute approximate surface area is 206 Å². The summed E-state index contributed by atoms with van der Waals surface area (Å²) in [6.07, 6.45) is 3.87. The van der Waals surface area contributed by atoms with Gasteiger partial charge in [-0.3, -0.25) is 4.98 Å². The first-order chi connectivity index (χ1) is 17.9. The fraction of sp³-hybridized carbons (Fsp3) is 0. The zero-order chi connectivity index (χ0) is 23.6. The molecule has 5 aromatic carbocycles. The molecule has 0 radical (unpaired) electrons. The molecule has 0 bridgehead atoms. The molecule has 0 aliphatic carbocycles. The molecule has 8 aromatic rings. The van der Waals surface area contributed by atoms with Crippen molar-refractivity contribution in [1.82, 2.24) is 9.55 Å². The molecule has 0 saturated carbocycles. The quantitative estimate of drug-likeness (QED) is 0.258. The Balaban J connectivity index is 1.52. The summed E-state index contributed by atoms with van der Waals surface area (Å²) in [7, 11) is 0. The molecule has 8 rings (SSSR count). The van der Waals surface area contributed by atoms with Crippen molar-refractivity contribution in [3.63, 3.8) is 0 Å². The van der Waals surface area contributed by atoms with Crippen LogP contribution in [0.15, 0.2) is 126 Å². The largest absolute Gasteiger partial charge is 0.456 e. The van der Waals surface area contributed by atoms with Gasteiger partial charge >= 0.3 is 0 Å². The number of rotatable bonds is 2. The molecule has 3 nitrogen and oxygen atoms in total. The lowest BCUT2D eigenvalue weighted by Crippen LogP contribution is -1.96. The van der Waals surface area contributed by atoms with Crippen molar-refractivity contribution in [2.75, 3.05) is 0 Å². The van der Waals surface area contributed by atoms with Gasteiger partial charge in [-0.15, -0.1) is 0 Å². The van der Waals surface area contributed by atoms with Gasteiger partial charge in [-0.1, -0.05) is 72.8 Å². The maximum absolute atomic E-state index is 6.24. The minimum absolute atomic E-state index is 0.916. The molecule has 36 heavy (non-hydrogen) atoms. The van der Waals surface area contributed by atoms with Crippen LogP contribution in [0.4, 0.5) is 0 Å². The van der Waals surface area contributed by atoms with Gasteiger partial charge in [-0.25, -0.2) is 0 Å². The third-order valence-corrected chi connectivity index (χ3v) is 7.29. The molecule has 0 N–H and O–H groups in total. The van der Waals surface area contributed by atoms with Crippen molar-refractivity contribution in [3.05, 3.63) is 122 Å². The molecule has 0 aliphatic rings. The first kappa shape index (κ1) is 19.4. The number of para-hydroxylation sites is 2. The monoisotopic (exact) mass is 460 g/mol. The van der Waals surface area contributed by atoms with E-state index in [1.165, 1.54) is 38.3 Å². The molecule has 0 saturated heterocycles. The van der Waals surface area contributed by atoms with Gasteiger partial charge in [0.2, 0.25) is 0 Å². The molecule has 168 valence electrons. The van der Waals surface area contributed by atoms with Gasteiger partial charge in [0.15, 0.2) is 0 Å². The topological polar surface area (TPSA) is 31.0 Å². The molecule has 3 aromatic heterocycles. The van der Waals surface area contributed by atoms with Crippen LogP contribution >= 0.6 is 0 Å². The summed E-state index contributed by atoms with van der Waals surface area (Å²) in [6.45, 7) is 0. The molecule has 0 atom stereocenters. The van der Waals surface area contributed by atoms with E-state index in [0.29, 0.717) is 0 Å². The van der Waals surface area contributed by atoms with E-state index >= 15 is 0 Å². The standard InChI is InChI=1S/C33H20N2O/c1-2-8-21(9-3-1)22-14-15-30(24-16-17-34-20-28(22)24)35-29-12-6-4-10-23(29)26-19-33-27(18-31(26)35)25-11-5-7-13-32(25)36-33/h1-20H. The van der Waals surface area contributed by atoms with Crippen LogP contribution in [0.2, 0.25) is 0 Å². The Hall–Kier alpha value is -4.89. The number of pyridine rings is 1. The van der Waals surface area contributed by atoms with E-state index in [0.717, 1.165) is 33.0 Å². The molecule has 0 spiro atoms. The Morgan fingerprint density at radius 2 is 1.33 bits per heavy atom. The van der Waals surface area contributed by atoms with Crippen LogP contribution in [0.3, 0.4) is 0 Å². The van der Waals surface area contributed by atoms with Crippen molar-refractivity contribution in [3.8, 4) is 16.8 Å². The van der Waals surface area contributed by atoms with Crippen molar-refractivity contribution in [1.29, 1.82) is 0 Å². The fourth-order valence-electron chi connectivity index (χ4n) is 5.69. The number of furan rings is 1. The Morgan fingerprint density at radius 1 is 0.528 bits per heavy atom. The number of nitrogens with zero attached hydrogens (tertiary/aromatic N) is 2. The van der Waals surface area contributed by atoms with E-state index < -0.39 is 0 Å². The molecular weight excluding hydrogens is 440 g/mol. The first-order valence-electron chi connectivity index (χ1n) is 12.1. The Bertz CT molecular complexity index is 2100. The number of fused-ring (bicyclic) bond motifs is 7. The smallest absolute Gasteiger partial charge is 0.136 e. The average Bonchev–Trinajstić information content (AvgIpc) is 3.46. The summed E-state index contributed by atoms with van der Waals surface area (Å²) < 4.78 is 8.63. The molecule has 0 fully saturated rings. The van der Waals surface area contributed by atoms with E-state index in [1.807, 2.05) is 24.5 Å². The van der Waals surface area contributed by atoms with Crippen molar-refractivity contribution >= 4 is 54.5 Å². The number of aromatic nitrogens is 2. The van der Waals surface area contributed by atoms with E-state index in [2.05, 4.69) is 107 Å². The van der Waals surface area contributed by atoms with Crippen LogP contribution in [0.5, 0.6) is 0 Å². The number of benzene rings is 5. The summed E-state index contributed by atoms with van der Waals surface area (Å²) in [5.74, 6) is 0. The van der Waals surface area contributed by atoms with Gasteiger partial charge in [-0.2, -0.15) is 0 Å². The second-order valence-corrected chi connectivity index (χ2v) is 9.24. The predicted molar refractivity (Wildman–Crippen MR) is 149 cm³/mol. The van der Waals surface area contributed by atoms with E-state index in [4.69, 9.17) is 4.42 Å². The van der Waals surface area contributed by atoms with Gasteiger partial charge in [0.05, 0.1) is 16.7 Å². The lowest BCUT2D eigenvalue weighted by Gasteiger charge is -2.14.